The van der Waals surface area contributed by atoms with Gasteiger partial charge in [0.25, 0.3) is 13.4 Å². The minimum absolute atomic E-state index is 0.163. The predicted molar refractivity (Wildman–Crippen MR) is 344 cm³/mol. The summed E-state index contributed by atoms with van der Waals surface area (Å²) in [5.74, 6) is -8.60. The lowest BCUT2D eigenvalue weighted by Gasteiger charge is -2.47. The summed E-state index contributed by atoms with van der Waals surface area (Å²) in [4.78, 5) is 6.32. The van der Waals surface area contributed by atoms with E-state index in [4.69, 9.17) is 0 Å². The first-order valence-corrected chi connectivity index (χ1v) is 30.9. The monoisotopic (exact) mass is 1230 g/mol. The van der Waals surface area contributed by atoms with Crippen LogP contribution >= 0.6 is 34.4 Å². The number of rotatable bonds is 7. The quantitative estimate of drug-likeness (QED) is 0.0893. The summed E-state index contributed by atoms with van der Waals surface area (Å²) in [6.45, 7) is 3.66. The fraction of sp³-hybridized carbons (Fsp3) is 0.0588. The van der Waals surface area contributed by atoms with Crippen molar-refractivity contribution in [1.82, 2.24) is 0 Å². The van der Waals surface area contributed by atoms with Gasteiger partial charge >= 0.3 is 0 Å². The normalized spacial score (nSPS) is 13.5. The highest BCUT2D eigenvalue weighted by molar-refractivity contribution is 7.98. The molecule has 0 saturated carbocycles. The fourth-order valence-electron chi connectivity index (χ4n) is 13.9. The van der Waals surface area contributed by atoms with Gasteiger partial charge < -0.3 is 19.6 Å². The number of hydrogen-bond donors (Lipinski definition) is 0. The van der Waals surface area contributed by atoms with Crippen LogP contribution in [0, 0.1) is 78.9 Å². The molecule has 0 bridgehead atoms. The minimum atomic E-state index is -0.983. The zero-order valence-electron chi connectivity index (χ0n) is 46.7. The first-order chi connectivity index (χ1) is 42.5. The molecule has 0 spiro atoms. The molecular weight excluding hydrogens is 1190 g/mol. The van der Waals surface area contributed by atoms with Gasteiger partial charge in [-0.15, -0.1) is 34.4 Å². The van der Waals surface area contributed by atoms with Gasteiger partial charge in [0.1, 0.15) is 80.9 Å². The predicted octanol–water partition coefficient (Wildman–Crippen LogP) is 14.7. The number of anilines is 12. The topological polar surface area (TPSA) is 13.0 Å². The molecule has 0 atom stereocenters. The molecule has 20 heteroatoms. The highest BCUT2D eigenvalue weighted by Gasteiger charge is 2.51. The Morgan fingerprint density at radius 3 is 1.33 bits per heavy atom. The van der Waals surface area contributed by atoms with Crippen LogP contribution < -0.4 is 61.9 Å². The molecule has 6 heterocycles. The zero-order valence-corrected chi connectivity index (χ0v) is 49.1. The van der Waals surface area contributed by atoms with Gasteiger partial charge in [-0.2, -0.15) is 0 Å². The smallest absolute Gasteiger partial charge is 0.264 e. The number of aryl methyl sites for hydroxylation is 3. The third-order valence-corrected chi connectivity index (χ3v) is 20.8. The molecular formula is C68H39B3F10N4S3. The van der Waals surface area contributed by atoms with Gasteiger partial charge in [0.05, 0.1) is 5.69 Å². The lowest BCUT2D eigenvalue weighted by molar-refractivity contribution is 0.585. The fourth-order valence-corrected chi connectivity index (χ4v) is 16.9. The lowest BCUT2D eigenvalue weighted by Crippen LogP contribution is -2.65. The highest BCUT2D eigenvalue weighted by atomic mass is 32.2. The van der Waals surface area contributed by atoms with Crippen molar-refractivity contribution in [2.24, 2.45) is 0 Å². The summed E-state index contributed by atoms with van der Waals surface area (Å²) in [5.41, 5.74) is 5.03. The van der Waals surface area contributed by atoms with Gasteiger partial charge in [-0.25, -0.2) is 43.9 Å². The molecule has 12 aromatic rings. The SMILES string of the molecule is CSc1cc2c3c(c1)N(c1c(F)cccc1F)c1cc4c(cc1B3c1cc(Bc3sc5ccc(F)cc5c3C)c(C)cc1N2c1c(F)cccc1F)B1c2sc3ccc(F)cc3c2N(c2c(F)cccc2F)c2cc(C)cc(c21)N4c1c(F)cccc1F. The van der Waals surface area contributed by atoms with E-state index in [1.165, 1.54) is 103 Å². The summed E-state index contributed by atoms with van der Waals surface area (Å²) in [7, 11) is 0.347. The van der Waals surface area contributed by atoms with E-state index in [1.807, 2.05) is 32.0 Å². The molecule has 88 heavy (non-hydrogen) atoms. The summed E-state index contributed by atoms with van der Waals surface area (Å²) in [5, 5.41) is 1.08. The summed E-state index contributed by atoms with van der Waals surface area (Å²) in [6, 6.07) is 37.2. The van der Waals surface area contributed by atoms with Gasteiger partial charge in [0.2, 0.25) is 7.28 Å². The van der Waals surface area contributed by atoms with E-state index in [0.29, 0.717) is 65.6 Å². The van der Waals surface area contributed by atoms with Crippen molar-refractivity contribution in [3.8, 4) is 0 Å². The maximum atomic E-state index is 17.3. The number of hydrogen-bond acceptors (Lipinski definition) is 7. The molecule has 0 saturated heterocycles. The number of thioether (sulfide) groups is 1. The largest absolute Gasteiger partial charge is 0.306 e. The van der Waals surface area contributed by atoms with E-state index < -0.39 is 88.5 Å². The van der Waals surface area contributed by atoms with Crippen LogP contribution in [0.25, 0.3) is 20.2 Å². The van der Waals surface area contributed by atoms with Crippen molar-refractivity contribution in [1.29, 1.82) is 0 Å². The number of thiophene rings is 2. The van der Waals surface area contributed by atoms with Crippen molar-refractivity contribution in [2.45, 2.75) is 25.7 Å². The molecule has 16 rings (SSSR count). The molecule has 0 radical (unpaired) electrons. The number of fused-ring (bicyclic) bond motifs is 11. The van der Waals surface area contributed by atoms with Gasteiger partial charge in [-0.1, -0.05) is 47.4 Å². The molecule has 428 valence electrons. The number of halogens is 10. The van der Waals surface area contributed by atoms with Crippen LogP contribution in [0.1, 0.15) is 16.7 Å². The van der Waals surface area contributed by atoms with Crippen LogP contribution in [0.3, 0.4) is 0 Å². The zero-order chi connectivity index (χ0) is 60.6. The van der Waals surface area contributed by atoms with Gasteiger partial charge in [0.15, 0.2) is 0 Å². The highest BCUT2D eigenvalue weighted by Crippen LogP contribution is 2.53. The molecule has 4 nitrogen and oxygen atoms in total. The van der Waals surface area contributed by atoms with E-state index in [1.54, 1.807) is 55.6 Å². The second kappa shape index (κ2) is 19.8. The first-order valence-electron chi connectivity index (χ1n) is 28.0. The molecule has 0 fully saturated rings. The Kier molecular flexibility index (Phi) is 12.3. The van der Waals surface area contributed by atoms with Gasteiger partial charge in [-0.3, -0.25) is 0 Å². The van der Waals surface area contributed by atoms with Crippen LogP contribution in [0.4, 0.5) is 112 Å². The third kappa shape index (κ3) is 7.83. The van der Waals surface area contributed by atoms with Crippen LogP contribution in [0.15, 0.2) is 163 Å². The number of benzene rings is 10. The Morgan fingerprint density at radius 2 is 0.818 bits per heavy atom. The summed E-state index contributed by atoms with van der Waals surface area (Å²) in [6.07, 6.45) is 1.80. The number of nitrogens with zero attached hydrogens (tertiary/aromatic N) is 4. The second-order valence-corrected chi connectivity index (χ2v) is 25.6. The van der Waals surface area contributed by atoms with E-state index in [-0.39, 0.29) is 45.6 Å². The van der Waals surface area contributed by atoms with Crippen molar-refractivity contribution >= 4 is 186 Å². The molecule has 4 aliphatic rings. The van der Waals surface area contributed by atoms with Crippen molar-refractivity contribution < 1.29 is 43.9 Å². The van der Waals surface area contributed by atoms with Crippen molar-refractivity contribution in [3.63, 3.8) is 0 Å². The molecule has 0 unspecified atom stereocenters. The van der Waals surface area contributed by atoms with Gasteiger partial charge in [0, 0.05) is 64.3 Å². The van der Waals surface area contributed by atoms with Crippen molar-refractivity contribution in [3.05, 3.63) is 233 Å². The lowest BCUT2D eigenvalue weighted by atomic mass is 9.31. The van der Waals surface area contributed by atoms with Crippen LogP contribution in [0.2, 0.25) is 0 Å². The van der Waals surface area contributed by atoms with E-state index in [0.717, 1.165) is 80.0 Å². The second-order valence-electron chi connectivity index (χ2n) is 22.5. The Balaban J connectivity index is 1.06. The van der Waals surface area contributed by atoms with Crippen LogP contribution in [-0.4, -0.2) is 27.0 Å². The molecule has 10 aromatic carbocycles. The Morgan fingerprint density at radius 1 is 0.398 bits per heavy atom. The van der Waals surface area contributed by atoms with Crippen LogP contribution in [0.5, 0.6) is 0 Å². The number of para-hydroxylation sites is 4. The van der Waals surface area contributed by atoms with Crippen LogP contribution in [-0.2, 0) is 0 Å². The Hall–Kier alpha value is -8.84. The van der Waals surface area contributed by atoms with E-state index >= 15 is 39.5 Å². The Labute approximate surface area is 510 Å². The molecule has 0 N–H and O–H groups in total. The summed E-state index contributed by atoms with van der Waals surface area (Å²) < 4.78 is 170. The third-order valence-electron chi connectivity index (χ3n) is 17.6. The molecule has 4 aliphatic heterocycles. The molecule has 0 aliphatic carbocycles. The van der Waals surface area contributed by atoms with Gasteiger partial charge in [-0.05, 0) is 197 Å². The maximum Gasteiger partial charge on any atom is 0.264 e. The standard InChI is InChI=1S/C68H39B3F10N4S3/c1-31-21-54-61-55(22-31)85(66-49(80)15-8-16-50(66)81)62-38-25-35(73)18-20-59(38)88-68(62)71(61)42-29-41-52(30-53(42)83(54)64-45(76)11-6-12-46(64)77)84(65-47(78)13-7-14-48(65)79)57-27-36(86-4)26-56-60(57)70(41)40-28-39(69-67-33(3)37-24-34(72)17-19-58(37)87-67)32(2)23-51(40)82(56)63-43(74)9-5-10-44(63)75/h5-30,69H,1-4H3. The summed E-state index contributed by atoms with van der Waals surface area (Å²) >= 11 is 4.05. The Bertz CT molecular complexity index is 5010. The first kappa shape index (κ1) is 54.5. The average molecular weight is 1230 g/mol. The molecule has 0 amide bonds. The average Bonchev–Trinajstić information content (AvgIpc) is 0.904. The van der Waals surface area contributed by atoms with Crippen molar-refractivity contribution in [2.75, 3.05) is 25.9 Å². The van der Waals surface area contributed by atoms with E-state index in [9.17, 15) is 4.39 Å². The molecule has 2 aromatic heterocycles. The minimum Gasteiger partial charge on any atom is -0.306 e. The maximum absolute atomic E-state index is 17.3. The van der Waals surface area contributed by atoms with E-state index in [2.05, 4.69) is 0 Å².